The Hall–Kier alpha value is -2.05. The molecule has 3 aromatic heterocycles. The number of aliphatic hydroxyl groups excluding tert-OH is 1. The number of anilines is 1. The van der Waals surface area contributed by atoms with Gasteiger partial charge < -0.3 is 10.0 Å². The van der Waals surface area contributed by atoms with Crippen LogP contribution in [0.2, 0.25) is 0 Å². The lowest BCUT2D eigenvalue weighted by Crippen LogP contribution is -2.42. The van der Waals surface area contributed by atoms with Gasteiger partial charge in [0, 0.05) is 35.4 Å². The first-order valence-electron chi connectivity index (χ1n) is 9.45. The highest BCUT2D eigenvalue weighted by molar-refractivity contribution is 7.19. The maximum atomic E-state index is 9.68. The molecule has 3 heterocycles. The lowest BCUT2D eigenvalue weighted by molar-refractivity contribution is 0.283. The van der Waals surface area contributed by atoms with Crippen molar-refractivity contribution in [1.29, 1.82) is 0 Å². The van der Waals surface area contributed by atoms with E-state index in [0.29, 0.717) is 12.6 Å². The van der Waals surface area contributed by atoms with Crippen LogP contribution >= 0.6 is 11.3 Å². The second kappa shape index (κ2) is 6.59. The number of rotatable bonds is 5. The highest BCUT2D eigenvalue weighted by atomic mass is 32.1. The fraction of sp³-hybridized carbons (Fsp3) is 0.450. The van der Waals surface area contributed by atoms with Crippen molar-refractivity contribution in [3.63, 3.8) is 0 Å². The molecule has 1 saturated carbocycles. The van der Waals surface area contributed by atoms with E-state index >= 15 is 0 Å². The standard InChI is InChI=1S/C20H22N4OS/c25-11-10-24(14-5-1-6-14)19-17-15-7-2-8-16(15)26-20(17)23-18(22-19)13-4-3-9-21-12-13/h3-4,9,12,14,25H,1-2,5-8,10-11H2. The van der Waals surface area contributed by atoms with Crippen LogP contribution in [0.4, 0.5) is 5.82 Å². The molecule has 0 atom stereocenters. The molecule has 6 heteroatoms. The molecule has 26 heavy (non-hydrogen) atoms. The van der Waals surface area contributed by atoms with E-state index < -0.39 is 0 Å². The van der Waals surface area contributed by atoms with E-state index in [1.165, 1.54) is 41.5 Å². The molecular formula is C20H22N4OS. The zero-order valence-corrected chi connectivity index (χ0v) is 15.5. The van der Waals surface area contributed by atoms with Crippen molar-refractivity contribution in [2.75, 3.05) is 18.1 Å². The summed E-state index contributed by atoms with van der Waals surface area (Å²) in [5.41, 5.74) is 2.39. The van der Waals surface area contributed by atoms with Crippen molar-refractivity contribution in [1.82, 2.24) is 15.0 Å². The van der Waals surface area contributed by atoms with Gasteiger partial charge in [0.15, 0.2) is 5.82 Å². The average Bonchev–Trinajstić information content (AvgIpc) is 3.20. The maximum absolute atomic E-state index is 9.68. The van der Waals surface area contributed by atoms with Crippen molar-refractivity contribution in [3.8, 4) is 11.4 Å². The van der Waals surface area contributed by atoms with Crippen LogP contribution in [0.15, 0.2) is 24.5 Å². The summed E-state index contributed by atoms with van der Waals surface area (Å²) >= 11 is 1.82. The second-order valence-electron chi connectivity index (χ2n) is 7.15. The Balaban J connectivity index is 1.72. The van der Waals surface area contributed by atoms with Gasteiger partial charge in [0.05, 0.1) is 12.0 Å². The summed E-state index contributed by atoms with van der Waals surface area (Å²) in [4.78, 5) is 19.0. The Labute approximate surface area is 156 Å². The van der Waals surface area contributed by atoms with Crippen LogP contribution in [0, 0.1) is 0 Å². The molecule has 0 bridgehead atoms. The Morgan fingerprint density at radius 1 is 1.19 bits per heavy atom. The van der Waals surface area contributed by atoms with Crippen LogP contribution in [0.25, 0.3) is 21.6 Å². The zero-order valence-electron chi connectivity index (χ0n) is 14.7. The minimum Gasteiger partial charge on any atom is -0.395 e. The zero-order chi connectivity index (χ0) is 17.5. The summed E-state index contributed by atoms with van der Waals surface area (Å²) < 4.78 is 0. The van der Waals surface area contributed by atoms with E-state index in [1.807, 2.05) is 29.7 Å². The fourth-order valence-corrected chi connectivity index (χ4v) is 5.33. The van der Waals surface area contributed by atoms with Gasteiger partial charge in [0.1, 0.15) is 10.6 Å². The molecular weight excluding hydrogens is 344 g/mol. The summed E-state index contributed by atoms with van der Waals surface area (Å²) in [6.07, 6.45) is 10.7. The van der Waals surface area contributed by atoms with Crippen LogP contribution in [-0.2, 0) is 12.8 Å². The molecule has 0 amide bonds. The van der Waals surface area contributed by atoms with Crippen molar-refractivity contribution in [2.24, 2.45) is 0 Å². The predicted octanol–water partition coefficient (Wildman–Crippen LogP) is 3.59. The van der Waals surface area contributed by atoms with Gasteiger partial charge in [-0.05, 0) is 56.2 Å². The highest BCUT2D eigenvalue weighted by Gasteiger charge is 2.30. The minimum absolute atomic E-state index is 0.149. The summed E-state index contributed by atoms with van der Waals surface area (Å²) in [7, 11) is 0. The topological polar surface area (TPSA) is 62.1 Å². The normalized spacial score (nSPS) is 16.7. The first-order chi connectivity index (χ1) is 12.8. The number of aryl methyl sites for hydroxylation is 2. The average molecular weight is 366 g/mol. The van der Waals surface area contributed by atoms with E-state index in [9.17, 15) is 5.11 Å². The van der Waals surface area contributed by atoms with Gasteiger partial charge in [-0.3, -0.25) is 4.98 Å². The SMILES string of the molecule is OCCN(c1nc(-c2cccnc2)nc2sc3c(c12)CCC3)C1CCC1. The summed E-state index contributed by atoms with van der Waals surface area (Å²) in [5, 5.41) is 10.9. The Morgan fingerprint density at radius 3 is 2.85 bits per heavy atom. The molecule has 3 aromatic rings. The van der Waals surface area contributed by atoms with Crippen molar-refractivity contribution in [3.05, 3.63) is 35.0 Å². The van der Waals surface area contributed by atoms with E-state index in [-0.39, 0.29) is 6.61 Å². The molecule has 5 nitrogen and oxygen atoms in total. The number of aliphatic hydroxyl groups is 1. The predicted molar refractivity (Wildman–Crippen MR) is 105 cm³/mol. The van der Waals surface area contributed by atoms with Crippen LogP contribution in [-0.4, -0.2) is 39.3 Å². The number of pyridine rings is 1. The van der Waals surface area contributed by atoms with Crippen LogP contribution in [0.3, 0.4) is 0 Å². The van der Waals surface area contributed by atoms with Gasteiger partial charge in [0.2, 0.25) is 0 Å². The van der Waals surface area contributed by atoms with Crippen LogP contribution < -0.4 is 4.90 Å². The Kier molecular flexibility index (Phi) is 4.10. The molecule has 1 fully saturated rings. The molecule has 0 aliphatic heterocycles. The Bertz CT molecular complexity index is 936. The summed E-state index contributed by atoms with van der Waals surface area (Å²) in [6, 6.07) is 4.42. The molecule has 5 rings (SSSR count). The third-order valence-corrected chi connectivity index (χ3v) is 6.78. The lowest BCUT2D eigenvalue weighted by Gasteiger charge is -2.38. The lowest BCUT2D eigenvalue weighted by atomic mass is 9.91. The first kappa shape index (κ1) is 16.1. The van der Waals surface area contributed by atoms with E-state index in [1.54, 1.807) is 6.20 Å². The molecule has 0 saturated heterocycles. The summed E-state index contributed by atoms with van der Waals surface area (Å²) in [6.45, 7) is 0.782. The van der Waals surface area contributed by atoms with Gasteiger partial charge in [-0.25, -0.2) is 9.97 Å². The van der Waals surface area contributed by atoms with Gasteiger partial charge in [0.25, 0.3) is 0 Å². The molecule has 1 N–H and O–H groups in total. The van der Waals surface area contributed by atoms with Crippen molar-refractivity contribution >= 4 is 27.4 Å². The van der Waals surface area contributed by atoms with Crippen LogP contribution in [0.1, 0.15) is 36.1 Å². The summed E-state index contributed by atoms with van der Waals surface area (Å²) in [5.74, 6) is 1.76. The third kappa shape index (κ3) is 2.59. The van der Waals surface area contributed by atoms with Crippen molar-refractivity contribution < 1.29 is 5.11 Å². The second-order valence-corrected chi connectivity index (χ2v) is 8.24. The number of hydrogen-bond acceptors (Lipinski definition) is 6. The Morgan fingerprint density at radius 2 is 2.12 bits per heavy atom. The number of hydrogen-bond donors (Lipinski definition) is 1. The minimum atomic E-state index is 0.149. The molecule has 134 valence electrons. The molecule has 2 aliphatic carbocycles. The van der Waals surface area contributed by atoms with E-state index in [2.05, 4.69) is 9.88 Å². The van der Waals surface area contributed by atoms with Crippen LogP contribution in [0.5, 0.6) is 0 Å². The fourth-order valence-electron chi connectivity index (χ4n) is 4.08. The number of nitrogens with zero attached hydrogens (tertiary/aromatic N) is 4. The smallest absolute Gasteiger partial charge is 0.164 e. The van der Waals surface area contributed by atoms with Gasteiger partial charge >= 0.3 is 0 Å². The van der Waals surface area contributed by atoms with Crippen molar-refractivity contribution in [2.45, 2.75) is 44.6 Å². The van der Waals surface area contributed by atoms with Gasteiger partial charge in [-0.1, -0.05) is 0 Å². The molecule has 0 aromatic carbocycles. The molecule has 0 unspecified atom stereocenters. The quantitative estimate of drug-likeness (QED) is 0.748. The molecule has 0 radical (unpaired) electrons. The molecule has 2 aliphatic rings. The first-order valence-corrected chi connectivity index (χ1v) is 10.3. The molecule has 0 spiro atoms. The van der Waals surface area contributed by atoms with Gasteiger partial charge in [-0.2, -0.15) is 0 Å². The van der Waals surface area contributed by atoms with E-state index in [0.717, 1.165) is 34.9 Å². The largest absolute Gasteiger partial charge is 0.395 e. The maximum Gasteiger partial charge on any atom is 0.164 e. The number of thiophene rings is 1. The highest BCUT2D eigenvalue weighted by Crippen LogP contribution is 2.43. The van der Waals surface area contributed by atoms with Gasteiger partial charge in [-0.15, -0.1) is 11.3 Å². The monoisotopic (exact) mass is 366 g/mol. The number of fused-ring (bicyclic) bond motifs is 3. The van der Waals surface area contributed by atoms with E-state index in [4.69, 9.17) is 9.97 Å². The number of aromatic nitrogens is 3. The third-order valence-electron chi connectivity index (χ3n) is 5.59.